The van der Waals surface area contributed by atoms with E-state index in [1.807, 2.05) is 18.2 Å². The molecule has 2 aromatic heterocycles. The number of nitrogens with zero attached hydrogens (tertiary/aromatic N) is 4. The minimum Gasteiger partial charge on any atom is -0.495 e. The van der Waals surface area contributed by atoms with E-state index in [1.54, 1.807) is 35.9 Å². The molecule has 2 aromatic carbocycles. The molecule has 0 amide bonds. The number of hydrogen-bond acceptors (Lipinski definition) is 7. The van der Waals surface area contributed by atoms with Gasteiger partial charge in [0, 0.05) is 6.42 Å². The lowest BCUT2D eigenvalue weighted by molar-refractivity contribution is 0.384. The average Bonchev–Trinajstić information content (AvgIpc) is 3.20. The second-order valence-electron chi connectivity index (χ2n) is 6.51. The lowest BCUT2D eigenvalue weighted by atomic mass is 10.2. The molecule has 0 fully saturated rings. The van der Waals surface area contributed by atoms with E-state index in [1.165, 1.54) is 11.8 Å². The van der Waals surface area contributed by atoms with E-state index in [2.05, 4.69) is 17.1 Å². The number of methoxy groups -OCH3 is 1. The molecule has 4 rings (SSSR count). The maximum atomic E-state index is 13.3. The molecule has 2 heterocycles. The smallest absolute Gasteiger partial charge is 0.266 e. The van der Waals surface area contributed by atoms with Crippen LogP contribution in [0.25, 0.3) is 16.6 Å². The SMILES string of the molecule is CCCc1noc(CSc2nc3ccccc3c(=O)n2-c2ccc(OC)c(Cl)c2)n1. The van der Waals surface area contributed by atoms with Crippen molar-refractivity contribution < 1.29 is 9.26 Å². The molecule has 0 aliphatic carbocycles. The number of aryl methyl sites for hydroxylation is 1. The molecule has 0 aliphatic heterocycles. The molecule has 154 valence electrons. The largest absolute Gasteiger partial charge is 0.495 e. The summed E-state index contributed by atoms with van der Waals surface area (Å²) in [5, 5.41) is 5.42. The van der Waals surface area contributed by atoms with Crippen molar-refractivity contribution in [1.29, 1.82) is 0 Å². The van der Waals surface area contributed by atoms with Crippen LogP contribution in [0.4, 0.5) is 0 Å². The van der Waals surface area contributed by atoms with Crippen molar-refractivity contribution in [1.82, 2.24) is 19.7 Å². The summed E-state index contributed by atoms with van der Waals surface area (Å²) in [6.07, 6.45) is 1.70. The van der Waals surface area contributed by atoms with E-state index in [4.69, 9.17) is 25.8 Å². The first kappa shape index (κ1) is 20.4. The molecule has 0 radical (unpaired) electrons. The van der Waals surface area contributed by atoms with Gasteiger partial charge >= 0.3 is 0 Å². The number of para-hydroxylation sites is 1. The van der Waals surface area contributed by atoms with E-state index in [-0.39, 0.29) is 5.56 Å². The molecule has 0 unspecified atom stereocenters. The van der Waals surface area contributed by atoms with Gasteiger partial charge in [-0.05, 0) is 36.8 Å². The maximum Gasteiger partial charge on any atom is 0.266 e. The number of rotatable bonds is 7. The summed E-state index contributed by atoms with van der Waals surface area (Å²) in [4.78, 5) is 22.4. The Hall–Kier alpha value is -2.84. The van der Waals surface area contributed by atoms with Gasteiger partial charge in [0.15, 0.2) is 11.0 Å². The van der Waals surface area contributed by atoms with Crippen LogP contribution < -0.4 is 10.3 Å². The van der Waals surface area contributed by atoms with Gasteiger partial charge in [0.05, 0.1) is 34.5 Å². The van der Waals surface area contributed by atoms with Gasteiger partial charge in [-0.15, -0.1) is 0 Å². The molecular weight excluding hydrogens is 424 g/mol. The topological polar surface area (TPSA) is 83.0 Å². The van der Waals surface area contributed by atoms with Crippen LogP contribution in [0, 0.1) is 0 Å². The normalized spacial score (nSPS) is 11.2. The minimum absolute atomic E-state index is 0.179. The highest BCUT2D eigenvalue weighted by Crippen LogP contribution is 2.29. The van der Waals surface area contributed by atoms with Crippen molar-refractivity contribution in [3.8, 4) is 11.4 Å². The van der Waals surface area contributed by atoms with Crippen LogP contribution in [0.1, 0.15) is 25.1 Å². The van der Waals surface area contributed by atoms with Gasteiger partial charge in [-0.1, -0.05) is 47.6 Å². The Kier molecular flexibility index (Phi) is 6.06. The molecule has 9 heteroatoms. The minimum atomic E-state index is -0.179. The lowest BCUT2D eigenvalue weighted by Gasteiger charge is -2.14. The Morgan fingerprint density at radius 2 is 2.03 bits per heavy atom. The monoisotopic (exact) mass is 442 g/mol. The van der Waals surface area contributed by atoms with Gasteiger partial charge in [-0.25, -0.2) is 4.98 Å². The van der Waals surface area contributed by atoms with Crippen LogP contribution in [-0.4, -0.2) is 26.8 Å². The fourth-order valence-corrected chi connectivity index (χ4v) is 4.13. The second kappa shape index (κ2) is 8.89. The molecule has 0 spiro atoms. The summed E-state index contributed by atoms with van der Waals surface area (Å²) in [5.41, 5.74) is 1.04. The third kappa shape index (κ3) is 4.06. The summed E-state index contributed by atoms with van der Waals surface area (Å²) in [5.74, 6) is 2.10. The first-order chi connectivity index (χ1) is 14.6. The molecule has 0 saturated heterocycles. The number of ether oxygens (including phenoxy) is 1. The van der Waals surface area contributed by atoms with Gasteiger partial charge in [0.2, 0.25) is 5.89 Å². The van der Waals surface area contributed by atoms with Crippen LogP contribution in [0.15, 0.2) is 56.9 Å². The standard InChI is InChI=1S/C21H19ClN4O3S/c1-3-6-18-24-19(29-25-18)12-30-21-23-16-8-5-4-7-14(16)20(27)26(21)13-9-10-17(28-2)15(22)11-13/h4-5,7-11H,3,6,12H2,1-2H3. The Balaban J connectivity index is 1.78. The molecule has 0 aliphatic rings. The Labute approximate surface area is 182 Å². The molecule has 0 atom stereocenters. The highest BCUT2D eigenvalue weighted by atomic mass is 35.5. The fraction of sp³-hybridized carbons (Fsp3) is 0.238. The van der Waals surface area contributed by atoms with Crippen molar-refractivity contribution >= 4 is 34.3 Å². The van der Waals surface area contributed by atoms with Crippen molar-refractivity contribution in [2.75, 3.05) is 7.11 Å². The number of fused-ring (bicyclic) bond motifs is 1. The predicted octanol–water partition coefficient (Wildman–Crippen LogP) is 4.68. The van der Waals surface area contributed by atoms with Crippen molar-refractivity contribution in [2.24, 2.45) is 0 Å². The summed E-state index contributed by atoms with van der Waals surface area (Å²) in [7, 11) is 1.54. The number of thioether (sulfide) groups is 1. The number of hydrogen-bond donors (Lipinski definition) is 0. The van der Waals surface area contributed by atoms with Crippen LogP contribution in [0.2, 0.25) is 5.02 Å². The quantitative estimate of drug-likeness (QED) is 0.303. The van der Waals surface area contributed by atoms with Crippen LogP contribution in [-0.2, 0) is 12.2 Å². The third-order valence-electron chi connectivity index (χ3n) is 4.45. The van der Waals surface area contributed by atoms with Crippen molar-refractivity contribution in [3.05, 3.63) is 69.6 Å². The Morgan fingerprint density at radius 1 is 1.20 bits per heavy atom. The first-order valence-corrected chi connectivity index (χ1v) is 10.8. The highest BCUT2D eigenvalue weighted by Gasteiger charge is 2.16. The van der Waals surface area contributed by atoms with Crippen LogP contribution in [0.5, 0.6) is 5.75 Å². The molecule has 0 N–H and O–H groups in total. The van der Waals surface area contributed by atoms with Gasteiger partial charge < -0.3 is 9.26 Å². The lowest BCUT2D eigenvalue weighted by Crippen LogP contribution is -2.21. The molecule has 30 heavy (non-hydrogen) atoms. The third-order valence-corrected chi connectivity index (χ3v) is 5.67. The van der Waals surface area contributed by atoms with E-state index >= 15 is 0 Å². The van der Waals surface area contributed by atoms with Gasteiger partial charge in [-0.3, -0.25) is 9.36 Å². The predicted molar refractivity (Wildman–Crippen MR) is 117 cm³/mol. The highest BCUT2D eigenvalue weighted by molar-refractivity contribution is 7.98. The zero-order chi connectivity index (χ0) is 21.1. The maximum absolute atomic E-state index is 13.3. The zero-order valence-electron chi connectivity index (χ0n) is 16.5. The number of benzene rings is 2. The van der Waals surface area contributed by atoms with E-state index in [9.17, 15) is 4.79 Å². The average molecular weight is 443 g/mol. The first-order valence-electron chi connectivity index (χ1n) is 9.40. The number of halogens is 1. The summed E-state index contributed by atoms with van der Waals surface area (Å²) >= 11 is 7.66. The fourth-order valence-electron chi connectivity index (χ4n) is 3.03. The van der Waals surface area contributed by atoms with Gasteiger partial charge in [0.25, 0.3) is 5.56 Å². The van der Waals surface area contributed by atoms with Gasteiger partial charge in [0.1, 0.15) is 5.75 Å². The van der Waals surface area contributed by atoms with Crippen LogP contribution >= 0.6 is 23.4 Å². The number of aromatic nitrogens is 4. The summed E-state index contributed by atoms with van der Waals surface area (Å²) < 4.78 is 12.1. The van der Waals surface area contributed by atoms with E-state index < -0.39 is 0 Å². The molecule has 0 saturated carbocycles. The van der Waals surface area contributed by atoms with Crippen molar-refractivity contribution in [3.63, 3.8) is 0 Å². The second-order valence-corrected chi connectivity index (χ2v) is 7.86. The van der Waals surface area contributed by atoms with E-state index in [0.717, 1.165) is 12.8 Å². The molecule has 4 aromatic rings. The molecular formula is C21H19ClN4O3S. The zero-order valence-corrected chi connectivity index (χ0v) is 18.0. The molecule has 0 bridgehead atoms. The van der Waals surface area contributed by atoms with Gasteiger partial charge in [-0.2, -0.15) is 4.98 Å². The summed E-state index contributed by atoms with van der Waals surface area (Å²) in [6, 6.07) is 12.4. The Morgan fingerprint density at radius 3 is 2.80 bits per heavy atom. The van der Waals surface area contributed by atoms with Crippen LogP contribution in [0.3, 0.4) is 0 Å². The Bertz CT molecular complexity index is 1250. The summed E-state index contributed by atoms with van der Waals surface area (Å²) in [6.45, 7) is 2.06. The van der Waals surface area contributed by atoms with Crippen molar-refractivity contribution in [2.45, 2.75) is 30.7 Å². The molecule has 7 nitrogen and oxygen atoms in total. The van der Waals surface area contributed by atoms with E-state index in [0.29, 0.717) is 50.0 Å².